The number of aryl methyl sites for hydroxylation is 2. The van der Waals surface area contributed by atoms with Gasteiger partial charge in [0.1, 0.15) is 26.2 Å². The fourth-order valence-electron chi connectivity index (χ4n) is 3.96. The molecule has 1 saturated heterocycles. The minimum atomic E-state index is 0.0731. The second-order valence-electron chi connectivity index (χ2n) is 8.05. The highest BCUT2D eigenvalue weighted by atomic mass is 16.2. The van der Waals surface area contributed by atoms with Crippen LogP contribution in [0.2, 0.25) is 0 Å². The Morgan fingerprint density at radius 2 is 1.43 bits per heavy atom. The smallest absolute Gasteiger partial charge is 0.279 e. The van der Waals surface area contributed by atoms with Gasteiger partial charge in [0.05, 0.1) is 0 Å². The Morgan fingerprint density at radius 3 is 1.93 bits per heavy atom. The fourth-order valence-corrected chi connectivity index (χ4v) is 3.96. The van der Waals surface area contributed by atoms with Gasteiger partial charge < -0.3 is 20.0 Å². The molecule has 1 aliphatic rings. The van der Waals surface area contributed by atoms with Gasteiger partial charge in [0.25, 0.3) is 11.8 Å². The molecule has 0 aromatic heterocycles. The Labute approximate surface area is 169 Å². The number of anilines is 1. The number of piperazine rings is 1. The number of carbonyl (C=O) groups excluding carboxylic acids is 2. The quantitative estimate of drug-likeness (QED) is 0.541. The van der Waals surface area contributed by atoms with Crippen molar-refractivity contribution in [2.75, 3.05) is 57.7 Å². The molecule has 28 heavy (non-hydrogen) atoms. The van der Waals surface area contributed by atoms with Gasteiger partial charge in [-0.3, -0.25) is 9.59 Å². The predicted molar refractivity (Wildman–Crippen MR) is 113 cm³/mol. The Hall–Kier alpha value is -1.92. The summed E-state index contributed by atoms with van der Waals surface area (Å²) in [5.41, 5.74) is 3.13. The molecule has 0 bridgehead atoms. The van der Waals surface area contributed by atoms with Crippen molar-refractivity contribution >= 4 is 17.5 Å². The normalized spacial score (nSPS) is 19.3. The van der Waals surface area contributed by atoms with E-state index in [1.165, 1.54) is 9.80 Å². The SMILES string of the molecule is CCCN(CCC)C(=O)C[NH+]1CC[NH+](CC(=O)Nc2c(C)cccc2C)CC1. The molecule has 0 saturated carbocycles. The number of hydrogen-bond acceptors (Lipinski definition) is 2. The number of para-hydroxylation sites is 1. The van der Waals surface area contributed by atoms with Gasteiger partial charge in [-0.05, 0) is 37.8 Å². The molecule has 6 heteroatoms. The van der Waals surface area contributed by atoms with Crippen molar-refractivity contribution in [1.29, 1.82) is 0 Å². The predicted octanol–water partition coefficient (Wildman–Crippen LogP) is -0.326. The molecule has 6 nitrogen and oxygen atoms in total. The molecule has 0 spiro atoms. The molecule has 0 atom stereocenters. The average molecular weight is 391 g/mol. The van der Waals surface area contributed by atoms with Gasteiger partial charge in [-0.15, -0.1) is 0 Å². The highest BCUT2D eigenvalue weighted by Gasteiger charge is 2.27. The van der Waals surface area contributed by atoms with Crippen LogP contribution >= 0.6 is 0 Å². The molecule has 1 aromatic rings. The Kier molecular flexibility index (Phi) is 8.93. The number of nitrogens with zero attached hydrogens (tertiary/aromatic N) is 1. The number of rotatable bonds is 9. The lowest BCUT2D eigenvalue weighted by Crippen LogP contribution is -3.28. The van der Waals surface area contributed by atoms with Crippen LogP contribution in [0.5, 0.6) is 0 Å². The van der Waals surface area contributed by atoms with Crippen LogP contribution in [0.1, 0.15) is 37.8 Å². The zero-order valence-electron chi connectivity index (χ0n) is 18.1. The average Bonchev–Trinajstić information content (AvgIpc) is 2.66. The third kappa shape index (κ3) is 6.60. The van der Waals surface area contributed by atoms with Gasteiger partial charge >= 0.3 is 0 Å². The summed E-state index contributed by atoms with van der Waals surface area (Å²) in [4.78, 5) is 29.7. The Morgan fingerprint density at radius 1 is 0.929 bits per heavy atom. The number of nitrogens with one attached hydrogen (secondary N) is 3. The number of amides is 2. The maximum absolute atomic E-state index is 12.6. The summed E-state index contributed by atoms with van der Waals surface area (Å²) in [5.74, 6) is 0.346. The summed E-state index contributed by atoms with van der Waals surface area (Å²) >= 11 is 0. The van der Waals surface area contributed by atoms with E-state index in [9.17, 15) is 9.59 Å². The van der Waals surface area contributed by atoms with Crippen LogP contribution in [0.15, 0.2) is 18.2 Å². The second-order valence-corrected chi connectivity index (χ2v) is 8.05. The van der Waals surface area contributed by atoms with E-state index in [-0.39, 0.29) is 11.8 Å². The number of carbonyl (C=O) groups is 2. The third-order valence-corrected chi connectivity index (χ3v) is 5.56. The van der Waals surface area contributed by atoms with Crippen molar-refractivity contribution in [3.8, 4) is 0 Å². The van der Waals surface area contributed by atoms with E-state index in [4.69, 9.17) is 0 Å². The summed E-state index contributed by atoms with van der Waals surface area (Å²) in [6.45, 7) is 14.8. The van der Waals surface area contributed by atoms with E-state index in [0.717, 1.165) is 68.9 Å². The standard InChI is InChI=1S/C22H36N4O2/c1-5-10-26(11-6-2)21(28)17-25-14-12-24(13-15-25)16-20(27)23-22-18(3)8-7-9-19(22)4/h7-9H,5-6,10-17H2,1-4H3,(H,23,27)/p+2. The van der Waals surface area contributed by atoms with Gasteiger partial charge in [-0.25, -0.2) is 0 Å². The second kappa shape index (κ2) is 11.2. The van der Waals surface area contributed by atoms with E-state index in [2.05, 4.69) is 19.2 Å². The minimum absolute atomic E-state index is 0.0731. The van der Waals surface area contributed by atoms with Crippen LogP contribution < -0.4 is 15.1 Å². The summed E-state index contributed by atoms with van der Waals surface area (Å²) in [7, 11) is 0. The van der Waals surface area contributed by atoms with Crippen molar-refractivity contribution in [1.82, 2.24) is 4.90 Å². The van der Waals surface area contributed by atoms with Crippen LogP contribution in [0, 0.1) is 13.8 Å². The van der Waals surface area contributed by atoms with Crippen molar-refractivity contribution < 1.29 is 19.4 Å². The van der Waals surface area contributed by atoms with Crippen LogP contribution in [0.4, 0.5) is 5.69 Å². The van der Waals surface area contributed by atoms with E-state index in [0.29, 0.717) is 13.1 Å². The first-order valence-corrected chi connectivity index (χ1v) is 10.8. The first-order valence-electron chi connectivity index (χ1n) is 10.8. The summed E-state index contributed by atoms with van der Waals surface area (Å²) in [5, 5.41) is 3.08. The lowest BCUT2D eigenvalue weighted by molar-refractivity contribution is -1.00. The molecule has 3 N–H and O–H groups in total. The fraction of sp³-hybridized carbons (Fsp3) is 0.636. The van der Waals surface area contributed by atoms with Crippen LogP contribution in [-0.2, 0) is 9.59 Å². The molecule has 1 fully saturated rings. The summed E-state index contributed by atoms with van der Waals surface area (Å²) < 4.78 is 0. The molecule has 1 aromatic carbocycles. The molecule has 1 aliphatic heterocycles. The Bertz CT molecular complexity index is 628. The van der Waals surface area contributed by atoms with Gasteiger partial charge in [-0.2, -0.15) is 0 Å². The van der Waals surface area contributed by atoms with Gasteiger partial charge in [0.2, 0.25) is 0 Å². The van der Waals surface area contributed by atoms with Crippen molar-refractivity contribution in [3.05, 3.63) is 29.3 Å². The molecular weight excluding hydrogens is 352 g/mol. The molecule has 0 aliphatic carbocycles. The monoisotopic (exact) mass is 390 g/mol. The molecule has 156 valence electrons. The summed E-state index contributed by atoms with van der Waals surface area (Å²) in [6, 6.07) is 6.06. The zero-order chi connectivity index (χ0) is 20.5. The van der Waals surface area contributed by atoms with Crippen molar-refractivity contribution in [2.45, 2.75) is 40.5 Å². The summed E-state index contributed by atoms with van der Waals surface area (Å²) in [6.07, 6.45) is 2.02. The largest absolute Gasteiger partial charge is 0.338 e. The van der Waals surface area contributed by atoms with Crippen LogP contribution in [0.3, 0.4) is 0 Å². The van der Waals surface area contributed by atoms with E-state index < -0.39 is 0 Å². The lowest BCUT2D eigenvalue weighted by atomic mass is 10.1. The van der Waals surface area contributed by atoms with Crippen LogP contribution in [0.25, 0.3) is 0 Å². The van der Waals surface area contributed by atoms with E-state index in [1.54, 1.807) is 0 Å². The molecule has 2 amide bonds. The van der Waals surface area contributed by atoms with Gasteiger partial charge in [0.15, 0.2) is 13.1 Å². The maximum atomic E-state index is 12.6. The number of quaternary nitrogens is 2. The third-order valence-electron chi connectivity index (χ3n) is 5.56. The maximum Gasteiger partial charge on any atom is 0.279 e. The minimum Gasteiger partial charge on any atom is -0.338 e. The lowest BCUT2D eigenvalue weighted by Gasteiger charge is -2.30. The number of hydrogen-bond donors (Lipinski definition) is 3. The van der Waals surface area contributed by atoms with Crippen molar-refractivity contribution in [2.24, 2.45) is 0 Å². The highest BCUT2D eigenvalue weighted by Crippen LogP contribution is 2.18. The Balaban J connectivity index is 1.77. The molecule has 1 heterocycles. The van der Waals surface area contributed by atoms with Crippen molar-refractivity contribution in [3.63, 3.8) is 0 Å². The van der Waals surface area contributed by atoms with Crippen LogP contribution in [-0.4, -0.2) is 69.1 Å². The van der Waals surface area contributed by atoms with Gasteiger partial charge in [0, 0.05) is 18.8 Å². The molecule has 0 unspecified atom stereocenters. The zero-order valence-corrected chi connectivity index (χ0v) is 18.1. The topological polar surface area (TPSA) is 58.3 Å². The van der Waals surface area contributed by atoms with Gasteiger partial charge in [-0.1, -0.05) is 32.0 Å². The molecule has 2 rings (SSSR count). The number of benzene rings is 1. The van der Waals surface area contributed by atoms with E-state index in [1.807, 2.05) is 36.9 Å². The first kappa shape index (κ1) is 22.4. The molecule has 0 radical (unpaired) electrons. The van der Waals surface area contributed by atoms with E-state index >= 15 is 0 Å². The molecular formula is C22H38N4O2+2. The highest BCUT2D eigenvalue weighted by molar-refractivity contribution is 5.93. The first-order chi connectivity index (χ1) is 13.4.